The fourth-order valence-electron chi connectivity index (χ4n) is 2.31. The van der Waals surface area contributed by atoms with E-state index in [-0.39, 0.29) is 5.75 Å². The lowest BCUT2D eigenvalue weighted by atomic mass is 10.1. The van der Waals surface area contributed by atoms with Crippen LogP contribution in [-0.2, 0) is 9.47 Å². The van der Waals surface area contributed by atoms with Gasteiger partial charge in [-0.1, -0.05) is 6.92 Å². The smallest absolute Gasteiger partial charge is 0.340 e. The van der Waals surface area contributed by atoms with Gasteiger partial charge >= 0.3 is 5.97 Å². The van der Waals surface area contributed by atoms with E-state index < -0.39 is 29.3 Å². The molecule has 146 valence electrons. The zero-order valence-corrected chi connectivity index (χ0v) is 15.3. The van der Waals surface area contributed by atoms with Crippen LogP contribution in [0.15, 0.2) is 30.5 Å². The van der Waals surface area contributed by atoms with Crippen molar-refractivity contribution in [2.45, 2.75) is 19.4 Å². The molecule has 0 radical (unpaired) electrons. The van der Waals surface area contributed by atoms with Gasteiger partial charge in [0, 0.05) is 7.11 Å². The SMILES string of the molecule is CC[C@@H](Oc1ccc(C(=O)OC)c(F)c1F)c1ccc(OCCOC)cn1. The lowest BCUT2D eigenvalue weighted by Crippen LogP contribution is -2.12. The number of halogens is 2. The first-order chi connectivity index (χ1) is 13.0. The normalized spacial score (nSPS) is 11.7. The zero-order chi connectivity index (χ0) is 19.8. The summed E-state index contributed by atoms with van der Waals surface area (Å²) in [5.74, 6) is -3.28. The van der Waals surface area contributed by atoms with Gasteiger partial charge in [0.05, 0.1) is 31.2 Å². The standard InChI is InChI=1S/C19H21F2NO5/c1-4-15(14-7-5-12(11-22-14)26-10-9-24-2)27-16-8-6-13(19(23)25-3)17(20)18(16)21/h5-8,11,15H,4,9-10H2,1-3H3/t15-/m1/s1. The molecule has 0 bridgehead atoms. The third-order valence-corrected chi connectivity index (χ3v) is 3.74. The molecule has 27 heavy (non-hydrogen) atoms. The van der Waals surface area contributed by atoms with E-state index in [0.717, 1.165) is 13.2 Å². The summed E-state index contributed by atoms with van der Waals surface area (Å²) in [7, 11) is 2.67. The molecule has 0 aliphatic rings. The van der Waals surface area contributed by atoms with Crippen molar-refractivity contribution >= 4 is 5.97 Å². The molecule has 0 spiro atoms. The number of hydrogen-bond acceptors (Lipinski definition) is 6. The van der Waals surface area contributed by atoms with Gasteiger partial charge in [0.15, 0.2) is 11.6 Å². The Balaban J connectivity index is 2.15. The van der Waals surface area contributed by atoms with Gasteiger partial charge in [-0.3, -0.25) is 4.98 Å². The van der Waals surface area contributed by atoms with Crippen LogP contribution in [0, 0.1) is 11.6 Å². The molecule has 0 amide bonds. The second-order valence-corrected chi connectivity index (χ2v) is 5.51. The average Bonchev–Trinajstić information content (AvgIpc) is 2.69. The molecule has 0 fully saturated rings. The molecule has 0 aliphatic carbocycles. The van der Waals surface area contributed by atoms with Gasteiger partial charge in [-0.15, -0.1) is 0 Å². The zero-order valence-electron chi connectivity index (χ0n) is 15.3. The molecule has 1 heterocycles. The van der Waals surface area contributed by atoms with E-state index in [1.54, 1.807) is 19.2 Å². The Hall–Kier alpha value is -2.74. The van der Waals surface area contributed by atoms with Crippen LogP contribution in [0.5, 0.6) is 11.5 Å². The maximum Gasteiger partial charge on any atom is 0.340 e. The molecule has 0 aliphatic heterocycles. The molecule has 0 saturated heterocycles. The molecule has 1 aromatic carbocycles. The third kappa shape index (κ3) is 5.13. The van der Waals surface area contributed by atoms with Crippen molar-refractivity contribution in [1.82, 2.24) is 4.98 Å². The maximum absolute atomic E-state index is 14.2. The number of ether oxygens (including phenoxy) is 4. The Morgan fingerprint density at radius 1 is 1.11 bits per heavy atom. The van der Waals surface area contributed by atoms with Crippen LogP contribution in [0.1, 0.15) is 35.5 Å². The van der Waals surface area contributed by atoms with Gasteiger partial charge in [0.1, 0.15) is 18.5 Å². The van der Waals surface area contributed by atoms with Crippen molar-refractivity contribution in [3.63, 3.8) is 0 Å². The molecule has 2 aromatic rings. The molecular weight excluding hydrogens is 360 g/mol. The lowest BCUT2D eigenvalue weighted by molar-refractivity contribution is 0.0594. The van der Waals surface area contributed by atoms with Gasteiger partial charge in [0.2, 0.25) is 5.82 Å². The van der Waals surface area contributed by atoms with Crippen LogP contribution in [0.2, 0.25) is 0 Å². The monoisotopic (exact) mass is 381 g/mol. The number of aromatic nitrogens is 1. The molecule has 6 nitrogen and oxygen atoms in total. The summed E-state index contributed by atoms with van der Waals surface area (Å²) in [5, 5.41) is 0. The number of pyridine rings is 1. The summed E-state index contributed by atoms with van der Waals surface area (Å²) in [5.41, 5.74) is 0.0412. The summed E-state index contributed by atoms with van der Waals surface area (Å²) >= 11 is 0. The van der Waals surface area contributed by atoms with E-state index in [9.17, 15) is 13.6 Å². The number of hydrogen-bond donors (Lipinski definition) is 0. The summed E-state index contributed by atoms with van der Waals surface area (Å²) in [6.07, 6.45) is 1.39. The van der Waals surface area contributed by atoms with Crippen LogP contribution < -0.4 is 9.47 Å². The fourth-order valence-corrected chi connectivity index (χ4v) is 2.31. The van der Waals surface area contributed by atoms with Crippen molar-refractivity contribution in [2.75, 3.05) is 27.4 Å². The van der Waals surface area contributed by atoms with Crippen molar-refractivity contribution < 1.29 is 32.5 Å². The highest BCUT2D eigenvalue weighted by atomic mass is 19.2. The predicted octanol–water partition coefficient (Wildman–Crippen LogP) is 3.70. The fraction of sp³-hybridized carbons (Fsp3) is 0.368. The molecule has 2 rings (SSSR count). The van der Waals surface area contributed by atoms with Crippen molar-refractivity contribution in [3.8, 4) is 11.5 Å². The van der Waals surface area contributed by atoms with E-state index in [0.29, 0.717) is 31.1 Å². The van der Waals surface area contributed by atoms with Gasteiger partial charge in [-0.2, -0.15) is 4.39 Å². The summed E-state index contributed by atoms with van der Waals surface area (Å²) in [6, 6.07) is 5.71. The summed E-state index contributed by atoms with van der Waals surface area (Å²) < 4.78 is 48.6. The Bertz CT molecular complexity index is 767. The van der Waals surface area contributed by atoms with E-state index in [4.69, 9.17) is 14.2 Å². The third-order valence-electron chi connectivity index (χ3n) is 3.74. The first kappa shape index (κ1) is 20.6. The molecule has 0 N–H and O–H groups in total. The predicted molar refractivity (Wildman–Crippen MR) is 93.0 cm³/mol. The lowest BCUT2D eigenvalue weighted by Gasteiger charge is -2.18. The molecule has 0 saturated carbocycles. The van der Waals surface area contributed by atoms with Crippen LogP contribution >= 0.6 is 0 Å². The van der Waals surface area contributed by atoms with Crippen molar-refractivity contribution in [3.05, 3.63) is 53.4 Å². The summed E-state index contributed by atoms with van der Waals surface area (Å²) in [6.45, 7) is 2.67. The van der Waals surface area contributed by atoms with Crippen LogP contribution in [-0.4, -0.2) is 38.4 Å². The van der Waals surface area contributed by atoms with E-state index in [1.807, 2.05) is 6.92 Å². The van der Waals surface area contributed by atoms with Crippen LogP contribution in [0.25, 0.3) is 0 Å². The highest BCUT2D eigenvalue weighted by molar-refractivity contribution is 5.89. The Morgan fingerprint density at radius 3 is 2.48 bits per heavy atom. The van der Waals surface area contributed by atoms with E-state index >= 15 is 0 Å². The minimum Gasteiger partial charge on any atom is -0.490 e. The maximum atomic E-state index is 14.2. The van der Waals surface area contributed by atoms with Gasteiger partial charge in [0.25, 0.3) is 0 Å². The Labute approximate surface area is 156 Å². The van der Waals surface area contributed by atoms with Gasteiger partial charge < -0.3 is 18.9 Å². The number of carbonyl (C=O) groups excluding carboxylic acids is 1. The van der Waals surface area contributed by atoms with Crippen molar-refractivity contribution in [1.29, 1.82) is 0 Å². The van der Waals surface area contributed by atoms with E-state index in [1.165, 1.54) is 12.3 Å². The molecule has 1 aromatic heterocycles. The first-order valence-corrected chi connectivity index (χ1v) is 8.32. The highest BCUT2D eigenvalue weighted by Gasteiger charge is 2.22. The Morgan fingerprint density at radius 2 is 1.89 bits per heavy atom. The number of benzene rings is 1. The number of nitrogens with zero attached hydrogens (tertiary/aromatic N) is 1. The molecule has 0 unspecified atom stereocenters. The summed E-state index contributed by atoms with van der Waals surface area (Å²) in [4.78, 5) is 15.7. The van der Waals surface area contributed by atoms with Crippen LogP contribution in [0.3, 0.4) is 0 Å². The largest absolute Gasteiger partial charge is 0.490 e. The molecule has 8 heteroatoms. The van der Waals surface area contributed by atoms with Crippen molar-refractivity contribution in [2.24, 2.45) is 0 Å². The average molecular weight is 381 g/mol. The number of esters is 1. The number of methoxy groups -OCH3 is 2. The van der Waals surface area contributed by atoms with E-state index in [2.05, 4.69) is 9.72 Å². The quantitative estimate of drug-likeness (QED) is 0.487. The second-order valence-electron chi connectivity index (χ2n) is 5.51. The van der Waals surface area contributed by atoms with Crippen LogP contribution in [0.4, 0.5) is 8.78 Å². The highest BCUT2D eigenvalue weighted by Crippen LogP contribution is 2.29. The van der Waals surface area contributed by atoms with Gasteiger partial charge in [-0.25, -0.2) is 9.18 Å². The topological polar surface area (TPSA) is 66.9 Å². The number of rotatable bonds is 9. The minimum atomic E-state index is -1.32. The number of carbonyl (C=O) groups is 1. The molecular formula is C19H21F2NO5. The molecule has 1 atom stereocenters. The first-order valence-electron chi connectivity index (χ1n) is 8.32. The van der Waals surface area contributed by atoms with Gasteiger partial charge in [-0.05, 0) is 30.7 Å². The Kier molecular flexibility index (Phi) is 7.48. The second kappa shape index (κ2) is 9.82. The minimum absolute atomic E-state index is 0.311.